The van der Waals surface area contributed by atoms with Crippen LogP contribution in [0.4, 0.5) is 0 Å². The van der Waals surface area contributed by atoms with Crippen LogP contribution in [0.2, 0.25) is 0 Å². The fourth-order valence-corrected chi connectivity index (χ4v) is 3.94. The van der Waals surface area contributed by atoms with Gasteiger partial charge in [0.2, 0.25) is 0 Å². The molecule has 0 saturated heterocycles. The molecule has 3 rings (SSSR count). The van der Waals surface area contributed by atoms with E-state index in [-0.39, 0.29) is 0 Å². The van der Waals surface area contributed by atoms with Crippen molar-refractivity contribution < 1.29 is 34.9 Å². The van der Waals surface area contributed by atoms with Crippen LogP contribution in [0.15, 0.2) is 76.8 Å². The van der Waals surface area contributed by atoms with Crippen LogP contribution in [0.3, 0.4) is 0 Å². The zero-order valence-electron chi connectivity index (χ0n) is 21.7. The summed E-state index contributed by atoms with van der Waals surface area (Å²) < 4.78 is 0. The fourth-order valence-electron chi connectivity index (χ4n) is 3.53. The number of nitrogens with zero attached hydrogens (tertiary/aromatic N) is 2. The number of carbonyl (C=O) groups is 2. The number of oxime groups is 1. The normalized spacial score (nSPS) is 12.9. The molecular formula is C28H34N2O7S. The third-order valence-electron chi connectivity index (χ3n) is 5.76. The number of fused-ring (bicyclic) bond motifs is 1. The smallest absolute Gasteiger partial charge is 0.335 e. The molecule has 0 heterocycles. The Labute approximate surface area is 226 Å². The van der Waals surface area contributed by atoms with Crippen LogP contribution in [-0.4, -0.2) is 87.7 Å². The van der Waals surface area contributed by atoms with Gasteiger partial charge in [-0.05, 0) is 42.3 Å². The second-order valence-corrected chi connectivity index (χ2v) is 9.00. The molecule has 204 valence electrons. The van der Waals surface area contributed by atoms with E-state index in [9.17, 15) is 9.59 Å². The van der Waals surface area contributed by atoms with Gasteiger partial charge in [-0.2, -0.15) is 0 Å². The molecule has 10 heteroatoms. The van der Waals surface area contributed by atoms with Crippen molar-refractivity contribution in [1.82, 2.24) is 4.90 Å². The molecule has 4 N–H and O–H groups in total. The predicted molar refractivity (Wildman–Crippen MR) is 149 cm³/mol. The Bertz CT molecular complexity index is 1190. The van der Waals surface area contributed by atoms with E-state index in [1.165, 1.54) is 15.7 Å². The van der Waals surface area contributed by atoms with E-state index in [0.717, 1.165) is 36.5 Å². The van der Waals surface area contributed by atoms with E-state index in [1.807, 2.05) is 0 Å². The van der Waals surface area contributed by atoms with Crippen molar-refractivity contribution in [2.75, 3.05) is 32.5 Å². The van der Waals surface area contributed by atoms with E-state index in [4.69, 9.17) is 25.3 Å². The monoisotopic (exact) mass is 542 g/mol. The minimum absolute atomic E-state index is 0.582. The van der Waals surface area contributed by atoms with E-state index in [0.29, 0.717) is 6.61 Å². The summed E-state index contributed by atoms with van der Waals surface area (Å²) in [5, 5.41) is 39.5. The zero-order valence-corrected chi connectivity index (χ0v) is 22.5. The van der Waals surface area contributed by atoms with Crippen LogP contribution in [0.25, 0.3) is 10.8 Å². The molecule has 0 aliphatic heterocycles. The van der Waals surface area contributed by atoms with Crippen molar-refractivity contribution in [3.63, 3.8) is 0 Å². The molecule has 0 spiro atoms. The van der Waals surface area contributed by atoms with Gasteiger partial charge in [0.25, 0.3) is 0 Å². The Morgan fingerprint density at radius 2 is 1.47 bits per heavy atom. The number of hydrogen-bond donors (Lipinski definition) is 4. The first-order chi connectivity index (χ1) is 18.2. The lowest BCUT2D eigenvalue weighted by atomic mass is 9.97. The summed E-state index contributed by atoms with van der Waals surface area (Å²) in [6, 6.07) is 23.3. The lowest BCUT2D eigenvalue weighted by Crippen LogP contribution is -2.39. The van der Waals surface area contributed by atoms with Crippen molar-refractivity contribution in [3.8, 4) is 0 Å². The molecule has 2 unspecified atom stereocenters. The van der Waals surface area contributed by atoms with E-state index < -0.39 is 24.1 Å². The topological polar surface area (TPSA) is 140 Å². The highest BCUT2D eigenvalue weighted by molar-refractivity contribution is 7.98. The Morgan fingerprint density at radius 3 is 2.03 bits per heavy atom. The molecule has 38 heavy (non-hydrogen) atoms. The molecule has 0 fully saturated rings. The number of likely N-dealkylation sites (N-methyl/N-ethyl adjacent to an activating group) is 1. The minimum Gasteiger partial charge on any atom is -0.479 e. The third kappa shape index (κ3) is 8.84. The van der Waals surface area contributed by atoms with Gasteiger partial charge in [0.1, 0.15) is 12.3 Å². The fraction of sp³-hybridized carbons (Fsp3) is 0.321. The molecule has 3 aromatic rings. The average molecular weight is 543 g/mol. The van der Waals surface area contributed by atoms with Gasteiger partial charge in [-0.1, -0.05) is 73.6 Å². The number of aliphatic hydroxyl groups is 2. The average Bonchev–Trinajstić information content (AvgIpc) is 2.94. The third-order valence-corrected chi connectivity index (χ3v) is 6.51. The van der Waals surface area contributed by atoms with Crippen LogP contribution in [-0.2, 0) is 14.4 Å². The number of carboxylic acids is 2. The van der Waals surface area contributed by atoms with E-state index in [2.05, 4.69) is 96.9 Å². The summed E-state index contributed by atoms with van der Waals surface area (Å²) in [7, 11) is 0. The summed E-state index contributed by atoms with van der Waals surface area (Å²) in [5.41, 5.74) is 3.04. The van der Waals surface area contributed by atoms with Gasteiger partial charge in [-0.15, -0.1) is 11.8 Å². The molecule has 0 bridgehead atoms. The van der Waals surface area contributed by atoms with Gasteiger partial charge in [0.05, 0.1) is 0 Å². The molecule has 0 amide bonds. The summed E-state index contributed by atoms with van der Waals surface area (Å²) in [6.07, 6.45) is -2.44. The van der Waals surface area contributed by atoms with Gasteiger partial charge >= 0.3 is 11.9 Å². The molecule has 0 saturated carbocycles. The first-order valence-corrected chi connectivity index (χ1v) is 13.3. The maximum Gasteiger partial charge on any atom is 0.335 e. The molecule has 9 nitrogen and oxygen atoms in total. The second kappa shape index (κ2) is 15.7. The van der Waals surface area contributed by atoms with Crippen molar-refractivity contribution in [2.24, 2.45) is 5.16 Å². The highest BCUT2D eigenvalue weighted by Crippen LogP contribution is 2.24. The van der Waals surface area contributed by atoms with Crippen LogP contribution in [0, 0.1) is 0 Å². The molecule has 0 aliphatic carbocycles. The van der Waals surface area contributed by atoms with Gasteiger partial charge in [-0.3, -0.25) is 0 Å². The van der Waals surface area contributed by atoms with E-state index in [1.54, 1.807) is 11.8 Å². The molecule has 0 aliphatic rings. The highest BCUT2D eigenvalue weighted by atomic mass is 32.2. The second-order valence-electron chi connectivity index (χ2n) is 8.12. The number of aliphatic carboxylic acids is 2. The number of benzene rings is 3. The van der Waals surface area contributed by atoms with E-state index >= 15 is 0 Å². The standard InChI is InChI=1S/C24H28N2OS.C4H6O6/c1-4-26(5-2)17-18-27-25-24(20-13-15-21(28-3)16-14-20)23-12-8-10-19-9-6-7-11-22(19)23;5-1(3(7)8)2(6)4(9)10/h6-16H,4-5,17-18H2,1-3H3;1-2,5-6H,(H,7,8)(H,9,10). The number of rotatable bonds is 12. The Balaban J connectivity index is 0.000000432. The largest absolute Gasteiger partial charge is 0.479 e. The Morgan fingerprint density at radius 1 is 0.895 bits per heavy atom. The van der Waals surface area contributed by atoms with Gasteiger partial charge in [-0.25, -0.2) is 9.59 Å². The van der Waals surface area contributed by atoms with Gasteiger partial charge in [0.15, 0.2) is 12.2 Å². The summed E-state index contributed by atoms with van der Waals surface area (Å²) in [6.45, 7) is 7.85. The van der Waals surface area contributed by atoms with Crippen molar-refractivity contribution in [3.05, 3.63) is 77.9 Å². The molecular weight excluding hydrogens is 508 g/mol. The molecule has 3 aromatic carbocycles. The lowest BCUT2D eigenvalue weighted by Gasteiger charge is -2.17. The Hall–Kier alpha value is -3.44. The van der Waals surface area contributed by atoms with Crippen LogP contribution >= 0.6 is 11.8 Å². The number of hydrogen-bond acceptors (Lipinski definition) is 8. The van der Waals surface area contributed by atoms with Crippen LogP contribution < -0.4 is 0 Å². The SMILES string of the molecule is CCN(CC)CCON=C(c1ccc(SC)cc1)c1cccc2ccccc12.O=C(O)C(O)C(O)C(=O)O. The number of carboxylic acid groups (broad SMARTS) is 2. The highest BCUT2D eigenvalue weighted by Gasteiger charge is 2.29. The summed E-state index contributed by atoms with van der Waals surface area (Å²) in [4.78, 5) is 28.9. The maximum absolute atomic E-state index is 9.77. The maximum atomic E-state index is 9.77. The van der Waals surface area contributed by atoms with Crippen molar-refractivity contribution >= 4 is 40.2 Å². The lowest BCUT2D eigenvalue weighted by molar-refractivity contribution is -0.165. The molecule has 0 aromatic heterocycles. The van der Waals surface area contributed by atoms with Crippen LogP contribution in [0.5, 0.6) is 0 Å². The zero-order chi connectivity index (χ0) is 28.1. The number of aliphatic hydroxyl groups excluding tert-OH is 2. The summed E-state index contributed by atoms with van der Waals surface area (Å²) in [5.74, 6) is -3.54. The predicted octanol–water partition coefficient (Wildman–Crippen LogP) is 3.55. The first kappa shape index (κ1) is 30.8. The Kier molecular flexibility index (Phi) is 12.7. The quantitative estimate of drug-likeness (QED) is 0.117. The molecule has 2 atom stereocenters. The minimum atomic E-state index is -2.27. The van der Waals surface area contributed by atoms with Crippen molar-refractivity contribution in [1.29, 1.82) is 0 Å². The van der Waals surface area contributed by atoms with Gasteiger partial charge in [0, 0.05) is 22.6 Å². The van der Waals surface area contributed by atoms with Crippen LogP contribution in [0.1, 0.15) is 25.0 Å². The first-order valence-electron chi connectivity index (χ1n) is 12.1. The van der Waals surface area contributed by atoms with Gasteiger partial charge < -0.3 is 30.2 Å². The number of thioether (sulfide) groups is 1. The van der Waals surface area contributed by atoms with Crippen molar-refractivity contribution in [2.45, 2.75) is 31.0 Å². The summed E-state index contributed by atoms with van der Waals surface area (Å²) >= 11 is 1.74. The molecule has 0 radical (unpaired) electrons.